The van der Waals surface area contributed by atoms with Crippen molar-refractivity contribution in [3.05, 3.63) is 81.6 Å². The van der Waals surface area contributed by atoms with Crippen molar-refractivity contribution in [3.63, 3.8) is 0 Å². The van der Waals surface area contributed by atoms with Gasteiger partial charge in [0.25, 0.3) is 11.5 Å². The third kappa shape index (κ3) is 6.05. The number of rotatable bonds is 9. The van der Waals surface area contributed by atoms with Crippen molar-refractivity contribution in [2.75, 3.05) is 17.7 Å². The number of benzene rings is 2. The van der Waals surface area contributed by atoms with Crippen molar-refractivity contribution in [2.45, 2.75) is 31.7 Å². The molecule has 1 aliphatic rings. The highest BCUT2D eigenvalue weighted by Crippen LogP contribution is 2.38. The fourth-order valence-electron chi connectivity index (χ4n) is 4.46. The average molecular weight is 626 g/mol. The Kier molecular flexibility index (Phi) is 8.01. The fraction of sp³-hybridized carbons (Fsp3) is 0.250. The van der Waals surface area contributed by atoms with Gasteiger partial charge in [-0.15, -0.1) is 0 Å². The first-order chi connectivity index (χ1) is 20.8. The van der Waals surface area contributed by atoms with Crippen LogP contribution in [-0.2, 0) is 13.2 Å². The minimum atomic E-state index is -5.01. The molecule has 0 spiro atoms. The Balaban J connectivity index is 1.71. The highest BCUT2D eigenvalue weighted by Gasteiger charge is 2.38. The molecule has 5 rings (SSSR count). The molecule has 9 nitrogen and oxygen atoms in total. The summed E-state index contributed by atoms with van der Waals surface area (Å²) in [7, 11) is 2.21. The third-order valence-electron chi connectivity index (χ3n) is 6.65. The van der Waals surface area contributed by atoms with Gasteiger partial charge in [-0.25, -0.2) is 13.8 Å². The molecule has 1 aliphatic carbocycles. The number of carbonyl (C=O) groups is 1. The summed E-state index contributed by atoms with van der Waals surface area (Å²) < 4.78 is 108. The zero-order valence-electron chi connectivity index (χ0n) is 22.8. The molecular formula is C28H22F7N5O4. The first-order valence-corrected chi connectivity index (χ1v) is 12.8. The molecule has 2 aromatic heterocycles. The number of nitrogens with zero attached hydrogens (tertiary/aromatic N) is 3. The van der Waals surface area contributed by atoms with Gasteiger partial charge in [-0.1, -0.05) is 0 Å². The maximum atomic E-state index is 15.3. The van der Waals surface area contributed by atoms with Crippen molar-refractivity contribution in [1.29, 1.82) is 0 Å². The second-order valence-corrected chi connectivity index (χ2v) is 9.67. The van der Waals surface area contributed by atoms with Gasteiger partial charge in [0.15, 0.2) is 5.82 Å². The van der Waals surface area contributed by atoms with Crippen LogP contribution in [0.5, 0.6) is 11.5 Å². The SMILES string of the molecule is COc1cc(F)c(-c2c(NC(=O)c3ccc(OC(F)F)cc3)c(=O)n(-c3nc(NC4CC4)ccc3C(F)(F)F)n2C)c(F)c1. The van der Waals surface area contributed by atoms with Crippen molar-refractivity contribution in [3.8, 4) is 28.6 Å². The fourth-order valence-corrected chi connectivity index (χ4v) is 4.46. The molecule has 0 saturated heterocycles. The minimum Gasteiger partial charge on any atom is -0.497 e. The lowest BCUT2D eigenvalue weighted by atomic mass is 10.1. The van der Waals surface area contributed by atoms with Crippen LogP contribution in [0.3, 0.4) is 0 Å². The maximum Gasteiger partial charge on any atom is 0.420 e. The Morgan fingerprint density at radius 3 is 2.20 bits per heavy atom. The number of hydrogen-bond acceptors (Lipinski definition) is 6. The molecule has 44 heavy (non-hydrogen) atoms. The molecule has 0 radical (unpaired) electrons. The summed E-state index contributed by atoms with van der Waals surface area (Å²) in [6.07, 6.45) is -3.49. The Morgan fingerprint density at radius 1 is 1.02 bits per heavy atom. The summed E-state index contributed by atoms with van der Waals surface area (Å²) in [6.45, 7) is -3.14. The van der Waals surface area contributed by atoms with Crippen LogP contribution in [0.4, 0.5) is 42.2 Å². The van der Waals surface area contributed by atoms with Gasteiger partial charge in [0.05, 0.1) is 12.7 Å². The van der Waals surface area contributed by atoms with Crippen molar-refractivity contribution in [2.24, 2.45) is 7.05 Å². The van der Waals surface area contributed by atoms with E-state index in [2.05, 4.69) is 20.4 Å². The Bertz CT molecular complexity index is 1760. The number of carbonyl (C=O) groups excluding carboxylic acids is 1. The molecule has 0 aliphatic heterocycles. The van der Waals surface area contributed by atoms with Gasteiger partial charge in [-0.05, 0) is 49.2 Å². The molecule has 0 atom stereocenters. The standard InChI is InChI=1S/C28H22F7N5O4/c1-39-23(21-18(29)11-16(43-2)12-19(21)30)22(38-25(41)13-3-7-15(8-4-13)44-27(31)32)26(42)40(39)24-17(28(33,34)35)9-10-20(37-24)36-14-5-6-14/h3-4,7-12,14,27H,5-6H2,1-2H3,(H,36,37)(H,38,41). The molecule has 16 heteroatoms. The lowest BCUT2D eigenvalue weighted by Gasteiger charge is -2.17. The molecule has 2 N–H and O–H groups in total. The van der Waals surface area contributed by atoms with Crippen molar-refractivity contribution in [1.82, 2.24) is 14.3 Å². The van der Waals surface area contributed by atoms with E-state index in [1.165, 1.54) is 0 Å². The van der Waals surface area contributed by atoms with E-state index in [0.29, 0.717) is 10.7 Å². The summed E-state index contributed by atoms with van der Waals surface area (Å²) in [5.41, 5.74) is -5.12. The van der Waals surface area contributed by atoms with Crippen LogP contribution in [0.15, 0.2) is 53.3 Å². The second-order valence-electron chi connectivity index (χ2n) is 9.67. The number of pyridine rings is 1. The van der Waals surface area contributed by atoms with Crippen LogP contribution in [0, 0.1) is 11.6 Å². The summed E-state index contributed by atoms with van der Waals surface area (Å²) in [5.74, 6) is -4.98. The van der Waals surface area contributed by atoms with Crippen LogP contribution < -0.4 is 25.7 Å². The number of hydrogen-bond donors (Lipinski definition) is 2. The first-order valence-electron chi connectivity index (χ1n) is 12.8. The Morgan fingerprint density at radius 2 is 1.66 bits per heavy atom. The molecule has 2 heterocycles. The van der Waals surface area contributed by atoms with Gasteiger partial charge in [0.1, 0.15) is 45.9 Å². The molecule has 0 bridgehead atoms. The first kappa shape index (κ1) is 30.4. The van der Waals surface area contributed by atoms with E-state index >= 15 is 8.78 Å². The Labute approximate surface area is 243 Å². The summed E-state index contributed by atoms with van der Waals surface area (Å²) in [4.78, 5) is 31.0. The van der Waals surface area contributed by atoms with E-state index in [0.717, 1.165) is 74.1 Å². The van der Waals surface area contributed by atoms with E-state index in [9.17, 15) is 31.5 Å². The van der Waals surface area contributed by atoms with Gasteiger partial charge in [-0.2, -0.15) is 26.6 Å². The summed E-state index contributed by atoms with van der Waals surface area (Å²) in [6, 6.07) is 7.55. The number of halogens is 7. The molecule has 232 valence electrons. The number of nitrogens with one attached hydrogen (secondary N) is 2. The van der Waals surface area contributed by atoms with Gasteiger partial charge in [0, 0.05) is 30.8 Å². The predicted molar refractivity (Wildman–Crippen MR) is 143 cm³/mol. The van der Waals surface area contributed by atoms with Gasteiger partial charge < -0.3 is 20.1 Å². The molecule has 0 unspecified atom stereocenters. The zero-order chi connectivity index (χ0) is 31.9. The van der Waals surface area contributed by atoms with Crippen molar-refractivity contribution < 1.29 is 45.0 Å². The van der Waals surface area contributed by atoms with E-state index in [1.807, 2.05) is 0 Å². The van der Waals surface area contributed by atoms with Crippen LogP contribution in [0.1, 0.15) is 28.8 Å². The molecule has 4 aromatic rings. The lowest BCUT2D eigenvalue weighted by Crippen LogP contribution is -2.26. The highest BCUT2D eigenvalue weighted by molar-refractivity contribution is 6.06. The second kappa shape index (κ2) is 11.6. The van der Waals surface area contributed by atoms with Gasteiger partial charge in [0.2, 0.25) is 0 Å². The van der Waals surface area contributed by atoms with Gasteiger partial charge in [-0.3, -0.25) is 14.3 Å². The molecule has 1 saturated carbocycles. The number of aromatic nitrogens is 3. The van der Waals surface area contributed by atoms with Crippen LogP contribution in [0.2, 0.25) is 0 Å². The largest absolute Gasteiger partial charge is 0.497 e. The molecule has 1 fully saturated rings. The summed E-state index contributed by atoms with van der Waals surface area (Å²) >= 11 is 0. The molecule has 2 aromatic carbocycles. The topological polar surface area (TPSA) is 99.4 Å². The number of ether oxygens (including phenoxy) is 2. The quantitative estimate of drug-likeness (QED) is 0.223. The van der Waals surface area contributed by atoms with Crippen molar-refractivity contribution >= 4 is 17.4 Å². The van der Waals surface area contributed by atoms with Gasteiger partial charge >= 0.3 is 12.8 Å². The van der Waals surface area contributed by atoms with Crippen LogP contribution >= 0.6 is 0 Å². The predicted octanol–water partition coefficient (Wildman–Crippen LogP) is 5.97. The molecular weight excluding hydrogens is 603 g/mol. The maximum absolute atomic E-state index is 15.3. The number of methoxy groups -OCH3 is 1. The third-order valence-corrected chi connectivity index (χ3v) is 6.65. The van der Waals surface area contributed by atoms with Crippen LogP contribution in [-0.4, -0.2) is 40.0 Å². The minimum absolute atomic E-state index is 0.0173. The van der Waals surface area contributed by atoms with Crippen LogP contribution in [0.25, 0.3) is 17.1 Å². The normalized spacial score (nSPS) is 13.2. The average Bonchev–Trinajstić information content (AvgIpc) is 3.73. The monoisotopic (exact) mass is 625 g/mol. The Hall–Kier alpha value is -5.02. The van der Waals surface area contributed by atoms with E-state index in [4.69, 9.17) is 4.74 Å². The number of alkyl halides is 5. The van der Waals surface area contributed by atoms with E-state index in [1.54, 1.807) is 0 Å². The number of amides is 1. The lowest BCUT2D eigenvalue weighted by molar-refractivity contribution is -0.137. The summed E-state index contributed by atoms with van der Waals surface area (Å²) in [5, 5.41) is 5.15. The molecule has 1 amide bonds. The highest BCUT2D eigenvalue weighted by atomic mass is 19.4. The smallest absolute Gasteiger partial charge is 0.420 e. The van der Waals surface area contributed by atoms with E-state index in [-0.39, 0.29) is 28.9 Å². The zero-order valence-corrected chi connectivity index (χ0v) is 22.8. The number of anilines is 2. The van der Waals surface area contributed by atoms with E-state index < -0.39 is 64.2 Å².